The van der Waals surface area contributed by atoms with E-state index in [9.17, 15) is 4.79 Å². The first-order valence-electron chi connectivity index (χ1n) is 8.04. The van der Waals surface area contributed by atoms with E-state index in [4.69, 9.17) is 0 Å². The van der Waals surface area contributed by atoms with Crippen LogP contribution in [0.5, 0.6) is 0 Å². The fraction of sp³-hybridized carbons (Fsp3) is 0.611. The van der Waals surface area contributed by atoms with Crippen molar-refractivity contribution >= 4 is 18.2 Å². The maximum absolute atomic E-state index is 12.5. The second kappa shape index (κ2) is 7.42. The Balaban J connectivity index is 0.00000161. The molecule has 1 aromatic carbocycles. The second-order valence-corrected chi connectivity index (χ2v) is 6.58. The van der Waals surface area contributed by atoms with E-state index < -0.39 is 0 Å². The SMILES string of the molecule is CN(CCC1CC1)CCC1CCc2ccccc2C1=O.Cl. The molecule has 0 aliphatic heterocycles. The highest BCUT2D eigenvalue weighted by Crippen LogP contribution is 2.32. The number of carbonyl (C=O) groups is 1. The van der Waals surface area contributed by atoms with Gasteiger partial charge in [0.1, 0.15) is 0 Å². The average molecular weight is 308 g/mol. The van der Waals surface area contributed by atoms with Crippen molar-refractivity contribution in [3.8, 4) is 0 Å². The van der Waals surface area contributed by atoms with E-state index in [0.29, 0.717) is 5.78 Å². The zero-order valence-electron chi connectivity index (χ0n) is 12.9. The molecule has 21 heavy (non-hydrogen) atoms. The number of fused-ring (bicyclic) bond motifs is 1. The number of halogens is 1. The normalized spacial score (nSPS) is 21.0. The first-order valence-corrected chi connectivity index (χ1v) is 8.04. The van der Waals surface area contributed by atoms with Crippen LogP contribution >= 0.6 is 12.4 Å². The minimum absolute atomic E-state index is 0. The van der Waals surface area contributed by atoms with Crippen molar-refractivity contribution in [2.75, 3.05) is 20.1 Å². The third-order valence-electron chi connectivity index (χ3n) is 4.89. The zero-order chi connectivity index (χ0) is 13.9. The van der Waals surface area contributed by atoms with Crippen molar-refractivity contribution in [2.45, 2.75) is 38.5 Å². The van der Waals surface area contributed by atoms with Crippen LogP contribution in [0.15, 0.2) is 24.3 Å². The Morgan fingerprint density at radius 3 is 2.57 bits per heavy atom. The smallest absolute Gasteiger partial charge is 0.166 e. The van der Waals surface area contributed by atoms with Crippen LogP contribution in [0, 0.1) is 11.8 Å². The Labute approximate surface area is 134 Å². The molecule has 0 saturated heterocycles. The third-order valence-corrected chi connectivity index (χ3v) is 4.89. The second-order valence-electron chi connectivity index (χ2n) is 6.58. The number of hydrogen-bond donors (Lipinski definition) is 0. The molecule has 3 rings (SSSR count). The lowest BCUT2D eigenvalue weighted by molar-refractivity contribution is 0.0886. The summed E-state index contributed by atoms with van der Waals surface area (Å²) in [5, 5.41) is 0. The summed E-state index contributed by atoms with van der Waals surface area (Å²) in [4.78, 5) is 14.9. The zero-order valence-corrected chi connectivity index (χ0v) is 13.7. The Hall–Kier alpha value is -0.860. The van der Waals surface area contributed by atoms with E-state index in [0.717, 1.165) is 37.3 Å². The topological polar surface area (TPSA) is 20.3 Å². The fourth-order valence-electron chi connectivity index (χ4n) is 3.23. The molecule has 0 heterocycles. The molecule has 0 spiro atoms. The van der Waals surface area contributed by atoms with Gasteiger partial charge in [-0.25, -0.2) is 0 Å². The van der Waals surface area contributed by atoms with Crippen molar-refractivity contribution in [1.29, 1.82) is 0 Å². The quantitative estimate of drug-likeness (QED) is 0.792. The van der Waals surface area contributed by atoms with Gasteiger partial charge in [0.25, 0.3) is 0 Å². The molecule has 2 nitrogen and oxygen atoms in total. The fourth-order valence-corrected chi connectivity index (χ4v) is 3.23. The minimum atomic E-state index is 0. The van der Waals surface area contributed by atoms with Gasteiger partial charge in [0, 0.05) is 11.5 Å². The molecule has 1 aromatic rings. The molecule has 2 aliphatic rings. The predicted octanol–water partition coefficient (Wildman–Crippen LogP) is 3.98. The lowest BCUT2D eigenvalue weighted by Gasteiger charge is -2.25. The monoisotopic (exact) mass is 307 g/mol. The number of ketones is 1. The molecule has 1 saturated carbocycles. The number of hydrogen-bond acceptors (Lipinski definition) is 2. The molecule has 0 N–H and O–H groups in total. The van der Waals surface area contributed by atoms with Crippen molar-refractivity contribution in [1.82, 2.24) is 4.90 Å². The van der Waals surface area contributed by atoms with Crippen LogP contribution in [-0.2, 0) is 6.42 Å². The maximum atomic E-state index is 12.5. The van der Waals surface area contributed by atoms with Gasteiger partial charge in [0.05, 0.1) is 0 Å². The Morgan fingerprint density at radius 2 is 1.81 bits per heavy atom. The molecule has 1 fully saturated rings. The van der Waals surface area contributed by atoms with Crippen LogP contribution in [0.2, 0.25) is 0 Å². The third kappa shape index (κ3) is 4.31. The van der Waals surface area contributed by atoms with E-state index in [1.807, 2.05) is 18.2 Å². The lowest BCUT2D eigenvalue weighted by atomic mass is 9.81. The summed E-state index contributed by atoms with van der Waals surface area (Å²) in [5.41, 5.74) is 2.22. The number of Topliss-reactive ketones (excluding diaryl/α,β-unsaturated/α-hetero) is 1. The largest absolute Gasteiger partial charge is 0.306 e. The van der Waals surface area contributed by atoms with Crippen LogP contribution in [0.1, 0.15) is 48.0 Å². The summed E-state index contributed by atoms with van der Waals surface area (Å²) in [6.45, 7) is 2.26. The highest BCUT2D eigenvalue weighted by molar-refractivity contribution is 6.00. The number of rotatable bonds is 6. The van der Waals surface area contributed by atoms with Gasteiger partial charge in [0.2, 0.25) is 0 Å². The van der Waals surface area contributed by atoms with E-state index in [1.165, 1.54) is 31.4 Å². The first kappa shape index (κ1) is 16.5. The van der Waals surface area contributed by atoms with E-state index >= 15 is 0 Å². The van der Waals surface area contributed by atoms with Gasteiger partial charge in [-0.3, -0.25) is 4.79 Å². The van der Waals surface area contributed by atoms with Gasteiger partial charge in [-0.05, 0) is 57.3 Å². The van der Waals surface area contributed by atoms with Crippen molar-refractivity contribution < 1.29 is 4.79 Å². The van der Waals surface area contributed by atoms with Gasteiger partial charge in [0.15, 0.2) is 5.78 Å². The molecule has 0 bridgehead atoms. The van der Waals surface area contributed by atoms with Gasteiger partial charge < -0.3 is 4.90 Å². The minimum Gasteiger partial charge on any atom is -0.306 e. The summed E-state index contributed by atoms with van der Waals surface area (Å²) < 4.78 is 0. The molecule has 0 aromatic heterocycles. The molecule has 116 valence electrons. The molecule has 2 aliphatic carbocycles. The van der Waals surface area contributed by atoms with E-state index in [-0.39, 0.29) is 18.3 Å². The van der Waals surface area contributed by atoms with Crippen LogP contribution in [-0.4, -0.2) is 30.8 Å². The number of benzene rings is 1. The van der Waals surface area contributed by atoms with Crippen molar-refractivity contribution in [2.24, 2.45) is 11.8 Å². The average Bonchev–Trinajstić information content (AvgIpc) is 3.29. The molecule has 3 heteroatoms. The van der Waals surface area contributed by atoms with Gasteiger partial charge >= 0.3 is 0 Å². The van der Waals surface area contributed by atoms with Crippen LogP contribution < -0.4 is 0 Å². The molecule has 1 atom stereocenters. The van der Waals surface area contributed by atoms with Crippen molar-refractivity contribution in [3.63, 3.8) is 0 Å². The van der Waals surface area contributed by atoms with E-state index in [2.05, 4.69) is 18.0 Å². The molecule has 0 amide bonds. The Kier molecular flexibility index (Phi) is 5.83. The van der Waals surface area contributed by atoms with Gasteiger partial charge in [-0.2, -0.15) is 0 Å². The van der Waals surface area contributed by atoms with Crippen molar-refractivity contribution in [3.05, 3.63) is 35.4 Å². The number of aryl methyl sites for hydroxylation is 1. The molecule has 0 radical (unpaired) electrons. The molecular formula is C18H26ClNO. The summed E-state index contributed by atoms with van der Waals surface area (Å²) in [6.07, 6.45) is 7.34. The predicted molar refractivity (Wildman–Crippen MR) is 89.3 cm³/mol. The summed E-state index contributed by atoms with van der Waals surface area (Å²) in [7, 11) is 2.20. The lowest BCUT2D eigenvalue weighted by Crippen LogP contribution is -2.28. The van der Waals surface area contributed by atoms with Crippen LogP contribution in [0.3, 0.4) is 0 Å². The highest BCUT2D eigenvalue weighted by Gasteiger charge is 2.27. The summed E-state index contributed by atoms with van der Waals surface area (Å²) in [6, 6.07) is 8.13. The first-order chi connectivity index (χ1) is 9.74. The van der Waals surface area contributed by atoms with Gasteiger partial charge in [-0.15, -0.1) is 12.4 Å². The van der Waals surface area contributed by atoms with Gasteiger partial charge in [-0.1, -0.05) is 37.1 Å². The van der Waals surface area contributed by atoms with E-state index in [1.54, 1.807) is 0 Å². The summed E-state index contributed by atoms with van der Waals surface area (Å²) >= 11 is 0. The highest BCUT2D eigenvalue weighted by atomic mass is 35.5. The maximum Gasteiger partial charge on any atom is 0.166 e. The number of carbonyl (C=O) groups excluding carboxylic acids is 1. The Morgan fingerprint density at radius 1 is 1.10 bits per heavy atom. The van der Waals surface area contributed by atoms with Crippen LogP contribution in [0.25, 0.3) is 0 Å². The Bertz CT molecular complexity index is 484. The molecule has 1 unspecified atom stereocenters. The molecular weight excluding hydrogens is 282 g/mol. The standard InChI is InChI=1S/C18H25NO.ClH/c1-19(12-10-14-6-7-14)13-11-16-9-8-15-4-2-3-5-17(15)18(16)20;/h2-5,14,16H,6-13H2,1H3;1H. The van der Waals surface area contributed by atoms with Crippen LogP contribution in [0.4, 0.5) is 0 Å². The summed E-state index contributed by atoms with van der Waals surface area (Å²) in [5.74, 6) is 1.62. The number of nitrogens with zero attached hydrogens (tertiary/aromatic N) is 1.